The van der Waals surface area contributed by atoms with E-state index in [1.807, 2.05) is 14.1 Å². The van der Waals surface area contributed by atoms with Gasteiger partial charge in [-0.25, -0.2) is 0 Å². The molecule has 0 heterocycles. The summed E-state index contributed by atoms with van der Waals surface area (Å²) in [6.07, 6.45) is 0.927. The minimum Gasteiger partial charge on any atom is -0.375 e. The third-order valence-corrected chi connectivity index (χ3v) is 3.04. The van der Waals surface area contributed by atoms with E-state index in [9.17, 15) is 4.79 Å². The van der Waals surface area contributed by atoms with E-state index in [1.54, 1.807) is 18.2 Å². The molecule has 0 saturated carbocycles. The molecule has 0 bridgehead atoms. The van der Waals surface area contributed by atoms with Crippen molar-refractivity contribution >= 4 is 34.8 Å². The molecular weight excluding hydrogens is 285 g/mol. The highest BCUT2D eigenvalue weighted by molar-refractivity contribution is 6.35. The fourth-order valence-electron chi connectivity index (χ4n) is 1.49. The van der Waals surface area contributed by atoms with Gasteiger partial charge in [0.25, 0.3) is 0 Å². The number of rotatable bonds is 7. The molecule has 0 fully saturated rings. The number of hydrogen-bond donors (Lipinski definition) is 2. The van der Waals surface area contributed by atoms with Crippen LogP contribution in [-0.2, 0) is 4.79 Å². The van der Waals surface area contributed by atoms with Crippen molar-refractivity contribution in [3.63, 3.8) is 0 Å². The van der Waals surface area contributed by atoms with E-state index >= 15 is 0 Å². The van der Waals surface area contributed by atoms with Crippen molar-refractivity contribution in [2.24, 2.45) is 0 Å². The largest absolute Gasteiger partial charge is 0.375 e. The Balaban J connectivity index is 2.28. The van der Waals surface area contributed by atoms with Crippen LogP contribution in [0, 0.1) is 0 Å². The van der Waals surface area contributed by atoms with Crippen molar-refractivity contribution in [2.45, 2.75) is 6.42 Å². The molecule has 1 rings (SSSR count). The van der Waals surface area contributed by atoms with E-state index in [4.69, 9.17) is 23.2 Å². The second kappa shape index (κ2) is 8.25. The summed E-state index contributed by atoms with van der Waals surface area (Å²) >= 11 is 11.8. The number of anilines is 1. The molecule has 0 aromatic heterocycles. The van der Waals surface area contributed by atoms with Crippen LogP contribution in [0.4, 0.5) is 5.69 Å². The molecule has 0 aliphatic rings. The summed E-state index contributed by atoms with van der Waals surface area (Å²) in [6, 6.07) is 5.10. The quantitative estimate of drug-likeness (QED) is 0.761. The van der Waals surface area contributed by atoms with Crippen LogP contribution >= 0.6 is 23.2 Å². The Labute approximate surface area is 124 Å². The molecule has 1 aromatic rings. The van der Waals surface area contributed by atoms with Crippen LogP contribution in [0.15, 0.2) is 18.2 Å². The lowest BCUT2D eigenvalue weighted by atomic mass is 10.3. The molecule has 0 spiro atoms. The van der Waals surface area contributed by atoms with Crippen LogP contribution in [0.5, 0.6) is 0 Å². The second-order valence-corrected chi connectivity index (χ2v) is 5.33. The summed E-state index contributed by atoms with van der Waals surface area (Å²) in [5, 5.41) is 6.93. The van der Waals surface area contributed by atoms with Crippen molar-refractivity contribution in [2.75, 3.05) is 39.0 Å². The summed E-state index contributed by atoms with van der Waals surface area (Å²) in [5.74, 6) is -0.0604. The van der Waals surface area contributed by atoms with Crippen LogP contribution in [-0.4, -0.2) is 44.5 Å². The van der Waals surface area contributed by atoms with Gasteiger partial charge in [0.15, 0.2) is 0 Å². The molecule has 4 nitrogen and oxygen atoms in total. The number of carbonyl (C=O) groups excluding carboxylic acids is 1. The fraction of sp³-hybridized carbons (Fsp3) is 0.462. The molecular formula is C13H19Cl2N3O. The third kappa shape index (κ3) is 6.66. The predicted molar refractivity (Wildman–Crippen MR) is 81.1 cm³/mol. The molecule has 0 atom stereocenters. The SMILES string of the molecule is CN(C)CCCNC(=O)CNc1cc(Cl)ccc1Cl. The Bertz CT molecular complexity index is 424. The van der Waals surface area contributed by atoms with E-state index in [0.717, 1.165) is 13.0 Å². The Morgan fingerprint density at radius 3 is 2.74 bits per heavy atom. The van der Waals surface area contributed by atoms with Gasteiger partial charge in [-0.2, -0.15) is 0 Å². The number of nitrogens with zero attached hydrogens (tertiary/aromatic N) is 1. The molecule has 1 aromatic carbocycles. The second-order valence-electron chi connectivity index (χ2n) is 4.48. The predicted octanol–water partition coefficient (Wildman–Crippen LogP) is 2.47. The number of carbonyl (C=O) groups is 1. The van der Waals surface area contributed by atoms with Gasteiger partial charge in [0.2, 0.25) is 5.91 Å². The number of hydrogen-bond acceptors (Lipinski definition) is 3. The van der Waals surface area contributed by atoms with Gasteiger partial charge in [-0.05, 0) is 45.3 Å². The molecule has 0 unspecified atom stereocenters. The van der Waals surface area contributed by atoms with Crippen molar-refractivity contribution in [1.82, 2.24) is 10.2 Å². The summed E-state index contributed by atoms with van der Waals surface area (Å²) in [6.45, 7) is 1.80. The zero-order chi connectivity index (χ0) is 14.3. The summed E-state index contributed by atoms with van der Waals surface area (Å²) < 4.78 is 0. The lowest BCUT2D eigenvalue weighted by molar-refractivity contribution is -0.119. The third-order valence-electron chi connectivity index (χ3n) is 2.47. The molecule has 0 radical (unpaired) electrons. The van der Waals surface area contributed by atoms with Crippen LogP contribution in [0.3, 0.4) is 0 Å². The molecule has 0 aliphatic carbocycles. The zero-order valence-corrected chi connectivity index (χ0v) is 12.7. The maximum atomic E-state index is 11.6. The molecule has 0 saturated heterocycles. The summed E-state index contributed by atoms with van der Waals surface area (Å²) in [4.78, 5) is 13.7. The molecule has 2 N–H and O–H groups in total. The van der Waals surface area contributed by atoms with E-state index in [2.05, 4.69) is 15.5 Å². The molecule has 19 heavy (non-hydrogen) atoms. The Morgan fingerprint density at radius 2 is 2.05 bits per heavy atom. The first-order valence-electron chi connectivity index (χ1n) is 6.09. The minimum atomic E-state index is -0.0604. The first-order chi connectivity index (χ1) is 8.99. The number of amides is 1. The van der Waals surface area contributed by atoms with E-state index in [0.29, 0.717) is 22.3 Å². The average molecular weight is 304 g/mol. The lowest BCUT2D eigenvalue weighted by Gasteiger charge is -2.11. The van der Waals surface area contributed by atoms with Gasteiger partial charge in [-0.1, -0.05) is 23.2 Å². The fourth-order valence-corrected chi connectivity index (χ4v) is 1.85. The van der Waals surface area contributed by atoms with Gasteiger partial charge in [0.05, 0.1) is 17.3 Å². The van der Waals surface area contributed by atoms with Crippen LogP contribution < -0.4 is 10.6 Å². The van der Waals surface area contributed by atoms with Crippen LogP contribution in [0.2, 0.25) is 10.0 Å². The zero-order valence-electron chi connectivity index (χ0n) is 11.2. The van der Waals surface area contributed by atoms with E-state index in [-0.39, 0.29) is 12.5 Å². The highest BCUT2D eigenvalue weighted by atomic mass is 35.5. The first kappa shape index (κ1) is 16.1. The Hall–Kier alpha value is -0.970. The summed E-state index contributed by atoms with van der Waals surface area (Å²) in [5.41, 5.74) is 0.664. The molecule has 6 heteroatoms. The Morgan fingerprint density at radius 1 is 1.32 bits per heavy atom. The number of benzene rings is 1. The molecule has 0 aliphatic heterocycles. The van der Waals surface area contributed by atoms with Gasteiger partial charge in [0.1, 0.15) is 0 Å². The maximum Gasteiger partial charge on any atom is 0.239 e. The highest BCUT2D eigenvalue weighted by Gasteiger charge is 2.04. The standard InChI is InChI=1S/C13H19Cl2N3O/c1-18(2)7-3-6-16-13(19)9-17-12-8-10(14)4-5-11(12)15/h4-5,8,17H,3,6-7,9H2,1-2H3,(H,16,19). The van der Waals surface area contributed by atoms with Gasteiger partial charge in [-0.3, -0.25) is 4.79 Å². The normalized spacial score (nSPS) is 10.6. The van der Waals surface area contributed by atoms with Crippen molar-refractivity contribution in [3.8, 4) is 0 Å². The van der Waals surface area contributed by atoms with Crippen LogP contribution in [0.25, 0.3) is 0 Å². The van der Waals surface area contributed by atoms with E-state index in [1.165, 1.54) is 0 Å². The smallest absolute Gasteiger partial charge is 0.239 e. The molecule has 106 valence electrons. The van der Waals surface area contributed by atoms with Gasteiger partial charge < -0.3 is 15.5 Å². The average Bonchev–Trinajstić information content (AvgIpc) is 2.35. The van der Waals surface area contributed by atoms with Crippen molar-refractivity contribution in [1.29, 1.82) is 0 Å². The van der Waals surface area contributed by atoms with Gasteiger partial charge in [0, 0.05) is 11.6 Å². The minimum absolute atomic E-state index is 0.0604. The van der Waals surface area contributed by atoms with Crippen molar-refractivity contribution < 1.29 is 4.79 Å². The first-order valence-corrected chi connectivity index (χ1v) is 6.85. The van der Waals surface area contributed by atoms with Gasteiger partial charge >= 0.3 is 0 Å². The number of halogens is 2. The maximum absolute atomic E-state index is 11.6. The topological polar surface area (TPSA) is 44.4 Å². The Kier molecular flexibility index (Phi) is 6.99. The summed E-state index contributed by atoms with van der Waals surface area (Å²) in [7, 11) is 4.01. The highest BCUT2D eigenvalue weighted by Crippen LogP contribution is 2.24. The molecule has 1 amide bonds. The number of nitrogens with one attached hydrogen (secondary N) is 2. The van der Waals surface area contributed by atoms with Crippen molar-refractivity contribution in [3.05, 3.63) is 28.2 Å². The monoisotopic (exact) mass is 303 g/mol. The van der Waals surface area contributed by atoms with E-state index < -0.39 is 0 Å². The van der Waals surface area contributed by atoms with Gasteiger partial charge in [-0.15, -0.1) is 0 Å². The van der Waals surface area contributed by atoms with Crippen LogP contribution in [0.1, 0.15) is 6.42 Å². The lowest BCUT2D eigenvalue weighted by Crippen LogP contribution is -2.32.